The molecule has 0 unspecified atom stereocenters. The molecule has 3 heteroatoms. The van der Waals surface area contributed by atoms with Gasteiger partial charge in [-0.15, -0.1) is 0 Å². The molecule has 0 aromatic rings. The summed E-state index contributed by atoms with van der Waals surface area (Å²) in [6.45, 7) is 2.93. The van der Waals surface area contributed by atoms with E-state index in [2.05, 4.69) is 31.2 Å². The first-order valence-electron chi connectivity index (χ1n) is 3.36. The molecule has 0 saturated carbocycles. The van der Waals surface area contributed by atoms with Crippen LogP contribution in [0, 0.1) is 0 Å². The number of hydrogen-bond acceptors (Lipinski definition) is 1. The van der Waals surface area contributed by atoms with Gasteiger partial charge in [0, 0.05) is 41.7 Å². The third kappa shape index (κ3) is 3.74. The molecule has 0 spiro atoms. The Morgan fingerprint density at radius 3 is 2.50 bits per heavy atom. The molecule has 51 valence electrons. The zero-order valence-electron chi connectivity index (χ0n) is 6.71. The van der Waals surface area contributed by atoms with Crippen LogP contribution in [0.4, 0.5) is 0 Å². The maximum absolute atomic E-state index is 5.35. The smallest absolute Gasteiger partial charge is 0.172 e. The fraction of sp³-hybridized carbons (Fsp3) is 0.429. The molecule has 0 aliphatic heterocycles. The van der Waals surface area contributed by atoms with Crippen LogP contribution < -0.4 is 0 Å². The molecule has 0 atom stereocenters. The first kappa shape index (κ1) is 10.7. The van der Waals surface area contributed by atoms with Crippen molar-refractivity contribution in [2.75, 3.05) is 6.61 Å². The van der Waals surface area contributed by atoms with Crippen molar-refractivity contribution in [3.8, 4) is 0 Å². The molecule has 1 aliphatic rings. The number of rotatable bonds is 3. The van der Waals surface area contributed by atoms with Gasteiger partial charge in [-0.25, -0.2) is 0 Å². The SMILES string of the molecule is CCO[SiH2]C1C=CC=C1.[Na]. The second-order valence-electron chi connectivity index (χ2n) is 2.09. The fourth-order valence-electron chi connectivity index (χ4n) is 0.843. The molecule has 0 N–H and O–H groups in total. The van der Waals surface area contributed by atoms with Crippen LogP contribution in [0.15, 0.2) is 24.3 Å². The number of allylic oxidation sites excluding steroid dienone is 4. The minimum absolute atomic E-state index is 0. The van der Waals surface area contributed by atoms with Gasteiger partial charge in [0.25, 0.3) is 0 Å². The summed E-state index contributed by atoms with van der Waals surface area (Å²) in [5.74, 6) is 0. The minimum Gasteiger partial charge on any atom is -0.423 e. The van der Waals surface area contributed by atoms with Gasteiger partial charge in [-0.1, -0.05) is 24.3 Å². The fourth-order valence-corrected chi connectivity index (χ4v) is 1.89. The Hall–Kier alpha value is 0.657. The molecule has 1 radical (unpaired) electrons. The van der Waals surface area contributed by atoms with E-state index in [0.717, 1.165) is 6.61 Å². The van der Waals surface area contributed by atoms with Gasteiger partial charge in [0.1, 0.15) is 0 Å². The van der Waals surface area contributed by atoms with E-state index in [1.54, 1.807) is 0 Å². The predicted octanol–water partition coefficient (Wildman–Crippen LogP) is 0.640. The van der Waals surface area contributed by atoms with Crippen LogP contribution in [-0.2, 0) is 4.43 Å². The summed E-state index contributed by atoms with van der Waals surface area (Å²) in [7, 11) is -0.286. The summed E-state index contributed by atoms with van der Waals surface area (Å²) in [6.07, 6.45) is 8.61. The van der Waals surface area contributed by atoms with Crippen molar-refractivity contribution in [1.82, 2.24) is 0 Å². The predicted molar refractivity (Wildman–Crippen MR) is 48.0 cm³/mol. The summed E-state index contributed by atoms with van der Waals surface area (Å²) in [4.78, 5) is 0. The average molecular weight is 163 g/mol. The normalized spacial score (nSPS) is 16.9. The van der Waals surface area contributed by atoms with E-state index in [1.165, 1.54) is 0 Å². The maximum Gasteiger partial charge on any atom is 0.172 e. The standard InChI is InChI=1S/C7H12OSi.Na/c1-2-8-9-7-5-3-4-6-7;/h3-7H,2,9H2,1H3;. The molecule has 10 heavy (non-hydrogen) atoms. The first-order valence-corrected chi connectivity index (χ1v) is 4.75. The zero-order valence-corrected chi connectivity index (χ0v) is 10.1. The van der Waals surface area contributed by atoms with Crippen LogP contribution in [0.2, 0.25) is 5.54 Å². The van der Waals surface area contributed by atoms with Crippen LogP contribution in [0.1, 0.15) is 6.92 Å². The van der Waals surface area contributed by atoms with Crippen LogP contribution in [0.5, 0.6) is 0 Å². The molecule has 0 bridgehead atoms. The van der Waals surface area contributed by atoms with Gasteiger partial charge in [-0.3, -0.25) is 0 Å². The molecule has 0 saturated heterocycles. The van der Waals surface area contributed by atoms with Crippen molar-refractivity contribution in [2.45, 2.75) is 12.5 Å². The Morgan fingerprint density at radius 1 is 1.40 bits per heavy atom. The van der Waals surface area contributed by atoms with Crippen molar-refractivity contribution in [1.29, 1.82) is 0 Å². The molecular formula is C7H12NaOSi. The van der Waals surface area contributed by atoms with E-state index in [1.807, 2.05) is 0 Å². The Labute approximate surface area is 86.8 Å². The quantitative estimate of drug-likeness (QED) is 0.555. The third-order valence-electron chi connectivity index (χ3n) is 1.34. The molecule has 0 aromatic carbocycles. The molecule has 1 aliphatic carbocycles. The molecule has 0 heterocycles. The van der Waals surface area contributed by atoms with Crippen LogP contribution >= 0.6 is 0 Å². The second kappa shape index (κ2) is 6.37. The summed E-state index contributed by atoms with van der Waals surface area (Å²) < 4.78 is 5.35. The first-order chi connectivity index (χ1) is 4.43. The zero-order chi connectivity index (χ0) is 6.53. The van der Waals surface area contributed by atoms with Gasteiger partial charge in [0.05, 0.1) is 0 Å². The second-order valence-corrected chi connectivity index (χ2v) is 3.78. The van der Waals surface area contributed by atoms with E-state index in [-0.39, 0.29) is 39.3 Å². The molecule has 0 aromatic heterocycles. The van der Waals surface area contributed by atoms with E-state index in [0.29, 0.717) is 5.54 Å². The monoisotopic (exact) mass is 163 g/mol. The van der Waals surface area contributed by atoms with Crippen molar-refractivity contribution in [3.05, 3.63) is 24.3 Å². The van der Waals surface area contributed by atoms with Crippen LogP contribution in [0.3, 0.4) is 0 Å². The van der Waals surface area contributed by atoms with Gasteiger partial charge in [-0.2, -0.15) is 0 Å². The van der Waals surface area contributed by atoms with E-state index in [4.69, 9.17) is 4.43 Å². The van der Waals surface area contributed by atoms with E-state index < -0.39 is 0 Å². The van der Waals surface area contributed by atoms with Crippen molar-refractivity contribution in [2.24, 2.45) is 0 Å². The third-order valence-corrected chi connectivity index (χ3v) is 2.92. The molecule has 0 fully saturated rings. The van der Waals surface area contributed by atoms with Crippen molar-refractivity contribution < 1.29 is 4.43 Å². The molecule has 0 amide bonds. The molecular weight excluding hydrogens is 151 g/mol. The largest absolute Gasteiger partial charge is 0.423 e. The minimum atomic E-state index is -0.286. The maximum atomic E-state index is 5.35. The Bertz CT molecular complexity index is 122. The summed E-state index contributed by atoms with van der Waals surface area (Å²) in [6, 6.07) is 0. The van der Waals surface area contributed by atoms with Gasteiger partial charge >= 0.3 is 0 Å². The van der Waals surface area contributed by atoms with Gasteiger partial charge in [0.15, 0.2) is 9.76 Å². The van der Waals surface area contributed by atoms with Crippen molar-refractivity contribution in [3.63, 3.8) is 0 Å². The Balaban J connectivity index is 0.000000810. The van der Waals surface area contributed by atoms with E-state index in [9.17, 15) is 0 Å². The molecule has 1 nitrogen and oxygen atoms in total. The van der Waals surface area contributed by atoms with Crippen LogP contribution in [0.25, 0.3) is 0 Å². The summed E-state index contributed by atoms with van der Waals surface area (Å²) in [5, 5.41) is 0. The van der Waals surface area contributed by atoms with E-state index >= 15 is 0 Å². The van der Waals surface area contributed by atoms with Gasteiger partial charge in [0.2, 0.25) is 0 Å². The van der Waals surface area contributed by atoms with Gasteiger partial charge in [-0.05, 0) is 6.92 Å². The Morgan fingerprint density at radius 2 is 2.00 bits per heavy atom. The average Bonchev–Trinajstić information content (AvgIpc) is 2.34. The number of hydrogen-bond donors (Lipinski definition) is 0. The van der Waals surface area contributed by atoms with Gasteiger partial charge < -0.3 is 4.43 Å². The topological polar surface area (TPSA) is 9.23 Å². The van der Waals surface area contributed by atoms with Crippen LogP contribution in [-0.4, -0.2) is 45.9 Å². The molecule has 1 rings (SSSR count). The Kier molecular flexibility index (Phi) is 6.79. The summed E-state index contributed by atoms with van der Waals surface area (Å²) in [5.41, 5.74) is 0.671. The van der Waals surface area contributed by atoms with Crippen molar-refractivity contribution >= 4 is 39.3 Å². The summed E-state index contributed by atoms with van der Waals surface area (Å²) >= 11 is 0.